The lowest BCUT2D eigenvalue weighted by Gasteiger charge is -2.34. The number of hydrogen-bond acceptors (Lipinski definition) is 5. The lowest BCUT2D eigenvalue weighted by Crippen LogP contribution is -2.45. The van der Waals surface area contributed by atoms with Crippen LogP contribution in [-0.2, 0) is 4.74 Å². The molecule has 1 aromatic rings. The van der Waals surface area contributed by atoms with Gasteiger partial charge in [0.2, 0.25) is 0 Å². The third-order valence-corrected chi connectivity index (χ3v) is 4.43. The molecule has 1 heterocycles. The molecule has 1 fully saturated rings. The van der Waals surface area contributed by atoms with Crippen molar-refractivity contribution in [3.8, 4) is 11.8 Å². The Morgan fingerprint density at radius 3 is 2.54 bits per heavy atom. The summed E-state index contributed by atoms with van der Waals surface area (Å²) in [6.07, 6.45) is 2.78. The highest BCUT2D eigenvalue weighted by molar-refractivity contribution is 5.67. The van der Waals surface area contributed by atoms with Crippen molar-refractivity contribution in [3.63, 3.8) is 0 Å². The quantitative estimate of drug-likeness (QED) is 0.867. The predicted octanol–water partition coefficient (Wildman–Crippen LogP) is 2.86. The highest BCUT2D eigenvalue weighted by Crippen LogP contribution is 2.24. The zero-order valence-electron chi connectivity index (χ0n) is 14.3. The summed E-state index contributed by atoms with van der Waals surface area (Å²) in [4.78, 5) is 13.3. The molecule has 6 nitrogen and oxygen atoms in total. The average molecular weight is 331 g/mol. The first-order chi connectivity index (χ1) is 11.7. The molecule has 0 aromatic heterocycles. The molecule has 6 heteroatoms. The second kappa shape index (κ2) is 9.14. The minimum absolute atomic E-state index is 0.130. The van der Waals surface area contributed by atoms with Crippen molar-refractivity contribution < 1.29 is 14.3 Å². The van der Waals surface area contributed by atoms with Crippen LogP contribution in [0.3, 0.4) is 0 Å². The fourth-order valence-corrected chi connectivity index (χ4v) is 3.03. The molecule has 1 aromatic carbocycles. The minimum Gasteiger partial charge on any atom is -0.497 e. The molecule has 1 aliphatic rings. The second-order valence-electron chi connectivity index (χ2n) is 5.92. The van der Waals surface area contributed by atoms with Crippen LogP contribution in [0.4, 0.5) is 4.79 Å². The first-order valence-corrected chi connectivity index (χ1v) is 8.27. The van der Waals surface area contributed by atoms with Crippen LogP contribution in [0.15, 0.2) is 24.3 Å². The van der Waals surface area contributed by atoms with Gasteiger partial charge in [-0.25, -0.2) is 4.79 Å². The van der Waals surface area contributed by atoms with Crippen LogP contribution < -0.4 is 10.1 Å². The zero-order chi connectivity index (χ0) is 17.4. The fraction of sp³-hybridized carbons (Fsp3) is 0.556. The number of methoxy groups -OCH3 is 2. The minimum atomic E-state index is -0.260. The molecule has 24 heavy (non-hydrogen) atoms. The maximum Gasteiger partial charge on any atom is 0.409 e. The molecule has 1 amide bonds. The van der Waals surface area contributed by atoms with Crippen LogP contribution in [0.1, 0.15) is 37.3 Å². The van der Waals surface area contributed by atoms with Crippen molar-refractivity contribution in [1.82, 2.24) is 10.2 Å². The number of nitrogens with zero attached hydrogens (tertiary/aromatic N) is 2. The Morgan fingerprint density at radius 2 is 2.00 bits per heavy atom. The Hall–Kier alpha value is -2.26. The number of ether oxygens (including phenoxy) is 2. The van der Waals surface area contributed by atoms with Crippen molar-refractivity contribution in [1.29, 1.82) is 5.26 Å². The van der Waals surface area contributed by atoms with Crippen molar-refractivity contribution in [2.75, 3.05) is 27.3 Å². The Balaban J connectivity index is 1.96. The summed E-state index contributed by atoms with van der Waals surface area (Å²) in [6, 6.07) is 10.6. The summed E-state index contributed by atoms with van der Waals surface area (Å²) in [5.41, 5.74) is 1.15. The summed E-state index contributed by atoms with van der Waals surface area (Å²) in [5.74, 6) is 0.823. The van der Waals surface area contributed by atoms with Gasteiger partial charge in [-0.2, -0.15) is 5.26 Å². The van der Waals surface area contributed by atoms with Crippen LogP contribution in [0.5, 0.6) is 5.75 Å². The second-order valence-corrected chi connectivity index (χ2v) is 5.92. The van der Waals surface area contributed by atoms with E-state index in [1.807, 2.05) is 24.3 Å². The van der Waals surface area contributed by atoms with E-state index in [0.717, 1.165) is 30.6 Å². The van der Waals surface area contributed by atoms with E-state index in [0.29, 0.717) is 25.6 Å². The van der Waals surface area contributed by atoms with Crippen molar-refractivity contribution in [2.24, 2.45) is 0 Å². The topological polar surface area (TPSA) is 74.6 Å². The van der Waals surface area contributed by atoms with Crippen LogP contribution >= 0.6 is 0 Å². The standard InChI is InChI=1S/C18H25N3O3/c1-23-16-7-5-14(6-8-16)17(4-3-11-19)20-15-9-12-21(13-10-15)18(22)24-2/h5-8,15,17,20H,3-4,9-10,12-13H2,1-2H3/t17-/m1/s1. The smallest absolute Gasteiger partial charge is 0.409 e. The Labute approximate surface area is 143 Å². The van der Waals surface area contributed by atoms with E-state index in [-0.39, 0.29) is 12.1 Å². The molecule has 0 unspecified atom stereocenters. The lowest BCUT2D eigenvalue weighted by molar-refractivity contribution is 0.108. The number of hydrogen-bond donors (Lipinski definition) is 1. The number of nitriles is 1. The van der Waals surface area contributed by atoms with Crippen molar-refractivity contribution in [2.45, 2.75) is 37.8 Å². The first-order valence-electron chi connectivity index (χ1n) is 8.27. The van der Waals surface area contributed by atoms with E-state index < -0.39 is 0 Å². The summed E-state index contributed by atoms with van der Waals surface area (Å²) in [6.45, 7) is 1.38. The maximum atomic E-state index is 11.6. The van der Waals surface area contributed by atoms with Gasteiger partial charge < -0.3 is 19.7 Å². The van der Waals surface area contributed by atoms with Gasteiger partial charge in [-0.15, -0.1) is 0 Å². The number of piperidine rings is 1. The Kier molecular flexibility index (Phi) is 6.89. The van der Waals surface area contributed by atoms with Gasteiger partial charge in [0.1, 0.15) is 5.75 Å². The van der Waals surface area contributed by atoms with Gasteiger partial charge in [0.15, 0.2) is 0 Å². The lowest BCUT2D eigenvalue weighted by atomic mass is 9.98. The van der Waals surface area contributed by atoms with E-state index in [9.17, 15) is 4.79 Å². The number of nitrogens with one attached hydrogen (secondary N) is 1. The maximum absolute atomic E-state index is 11.6. The molecule has 0 bridgehead atoms. The normalized spacial score (nSPS) is 16.3. The number of carbonyl (C=O) groups excluding carboxylic acids is 1. The zero-order valence-corrected chi connectivity index (χ0v) is 14.3. The van der Waals surface area contributed by atoms with Gasteiger partial charge in [-0.05, 0) is 37.0 Å². The van der Waals surface area contributed by atoms with Crippen LogP contribution in [-0.4, -0.2) is 44.3 Å². The molecule has 2 rings (SSSR count). The molecule has 0 spiro atoms. The summed E-state index contributed by atoms with van der Waals surface area (Å²) in [5, 5.41) is 12.6. The van der Waals surface area contributed by atoms with Gasteiger partial charge in [-0.3, -0.25) is 0 Å². The molecular weight excluding hydrogens is 306 g/mol. The number of benzene rings is 1. The molecule has 0 saturated carbocycles. The highest BCUT2D eigenvalue weighted by Gasteiger charge is 2.25. The monoisotopic (exact) mass is 331 g/mol. The molecule has 0 aliphatic carbocycles. The Morgan fingerprint density at radius 1 is 1.33 bits per heavy atom. The summed E-state index contributed by atoms with van der Waals surface area (Å²) < 4.78 is 9.97. The van der Waals surface area contributed by atoms with E-state index in [1.165, 1.54) is 7.11 Å². The molecule has 1 saturated heterocycles. The van der Waals surface area contributed by atoms with Gasteiger partial charge in [0, 0.05) is 31.6 Å². The number of rotatable bonds is 6. The van der Waals surface area contributed by atoms with E-state index >= 15 is 0 Å². The third kappa shape index (κ3) is 4.87. The predicted molar refractivity (Wildman–Crippen MR) is 90.7 cm³/mol. The van der Waals surface area contributed by atoms with E-state index in [1.54, 1.807) is 12.0 Å². The SMILES string of the molecule is COC(=O)N1CCC(N[C@H](CCC#N)c2ccc(OC)cc2)CC1. The molecular formula is C18H25N3O3. The molecule has 0 radical (unpaired) electrons. The van der Waals surface area contributed by atoms with Gasteiger partial charge in [-0.1, -0.05) is 12.1 Å². The van der Waals surface area contributed by atoms with E-state index in [2.05, 4.69) is 11.4 Å². The van der Waals surface area contributed by atoms with Crippen molar-refractivity contribution in [3.05, 3.63) is 29.8 Å². The van der Waals surface area contributed by atoms with Crippen LogP contribution in [0.25, 0.3) is 0 Å². The molecule has 1 aliphatic heterocycles. The summed E-state index contributed by atoms with van der Waals surface area (Å²) in [7, 11) is 3.06. The average Bonchev–Trinajstić information content (AvgIpc) is 2.65. The van der Waals surface area contributed by atoms with Crippen LogP contribution in [0.2, 0.25) is 0 Å². The largest absolute Gasteiger partial charge is 0.497 e. The van der Waals surface area contributed by atoms with Crippen LogP contribution in [0, 0.1) is 11.3 Å². The van der Waals surface area contributed by atoms with Gasteiger partial charge in [0.05, 0.1) is 20.3 Å². The van der Waals surface area contributed by atoms with Crippen molar-refractivity contribution >= 4 is 6.09 Å². The first kappa shape index (κ1) is 18.1. The summed E-state index contributed by atoms with van der Waals surface area (Å²) >= 11 is 0. The number of carbonyl (C=O) groups is 1. The Bertz CT molecular complexity index is 560. The number of likely N-dealkylation sites (tertiary alicyclic amines) is 1. The van der Waals surface area contributed by atoms with Gasteiger partial charge in [0.25, 0.3) is 0 Å². The molecule has 1 N–H and O–H groups in total. The third-order valence-electron chi connectivity index (χ3n) is 4.43. The molecule has 130 valence electrons. The number of amides is 1. The highest BCUT2D eigenvalue weighted by atomic mass is 16.5. The molecule has 1 atom stereocenters. The van der Waals surface area contributed by atoms with E-state index in [4.69, 9.17) is 14.7 Å². The van der Waals surface area contributed by atoms with Gasteiger partial charge >= 0.3 is 6.09 Å². The fourth-order valence-electron chi connectivity index (χ4n) is 3.03.